The molecule has 0 saturated carbocycles. The summed E-state index contributed by atoms with van der Waals surface area (Å²) in [6.07, 6.45) is 0.976. The van der Waals surface area contributed by atoms with Crippen LogP contribution in [-0.2, 0) is 6.42 Å². The molecule has 2 aromatic carbocycles. The van der Waals surface area contributed by atoms with Crippen molar-refractivity contribution in [3.63, 3.8) is 0 Å². The number of carbonyl (C=O) groups excluding carboxylic acids is 1. The molecule has 27 heavy (non-hydrogen) atoms. The highest BCUT2D eigenvalue weighted by Crippen LogP contribution is 2.33. The lowest BCUT2D eigenvalue weighted by Crippen LogP contribution is -2.19. The minimum Gasteiger partial charge on any atom is -0.326 e. The summed E-state index contributed by atoms with van der Waals surface area (Å²) in [7, 11) is 0. The van der Waals surface area contributed by atoms with E-state index in [1.807, 2.05) is 39.0 Å². The molecule has 2 heterocycles. The maximum atomic E-state index is 12.8. The topological polar surface area (TPSA) is 58.1 Å². The average Bonchev–Trinajstić information content (AvgIpc) is 3.04. The number of nitrogens with zero attached hydrogens (tertiary/aromatic N) is 3. The van der Waals surface area contributed by atoms with Crippen molar-refractivity contribution in [3.05, 3.63) is 76.7 Å². The maximum Gasteiger partial charge on any atom is 0.274 e. The third kappa shape index (κ3) is 3.53. The number of hydrogen-bond acceptors (Lipinski definition) is 4. The number of carbonyl (C=O) groups is 1. The number of anilines is 3. The number of aryl methyl sites for hydroxylation is 3. The first kappa shape index (κ1) is 17.2. The summed E-state index contributed by atoms with van der Waals surface area (Å²) < 4.78 is 0. The second-order valence-electron chi connectivity index (χ2n) is 7.02. The molecule has 136 valence electrons. The van der Waals surface area contributed by atoms with Gasteiger partial charge in [-0.2, -0.15) is 0 Å². The van der Waals surface area contributed by atoms with Gasteiger partial charge >= 0.3 is 0 Å². The van der Waals surface area contributed by atoms with E-state index in [2.05, 4.69) is 44.5 Å². The second-order valence-corrected chi connectivity index (χ2v) is 7.02. The summed E-state index contributed by atoms with van der Waals surface area (Å²) in [4.78, 5) is 23.9. The van der Waals surface area contributed by atoms with Crippen molar-refractivity contribution in [2.75, 3.05) is 16.8 Å². The van der Waals surface area contributed by atoms with Gasteiger partial charge in [-0.15, -0.1) is 0 Å². The van der Waals surface area contributed by atoms with Gasteiger partial charge in [-0.1, -0.05) is 24.3 Å². The smallest absolute Gasteiger partial charge is 0.274 e. The highest BCUT2D eigenvalue weighted by Gasteiger charge is 2.22. The van der Waals surface area contributed by atoms with Gasteiger partial charge in [0.15, 0.2) is 0 Å². The monoisotopic (exact) mass is 358 g/mol. The zero-order valence-electron chi connectivity index (χ0n) is 15.8. The van der Waals surface area contributed by atoms with Crippen molar-refractivity contribution in [1.29, 1.82) is 0 Å². The number of hydrogen-bond donors (Lipinski definition) is 1. The first-order valence-corrected chi connectivity index (χ1v) is 9.10. The van der Waals surface area contributed by atoms with E-state index in [9.17, 15) is 4.79 Å². The standard InChI is InChI=1S/C22H22N4O/c1-14-10-15(2)12-18(11-14)25-22(27)19-13-21(24-16(3)23-19)26-9-8-17-6-4-5-7-20(17)26/h4-7,10-13H,8-9H2,1-3H3,(H,25,27). The minimum atomic E-state index is -0.223. The maximum absolute atomic E-state index is 12.8. The molecule has 1 aliphatic heterocycles. The Kier molecular flexibility index (Phi) is 4.36. The lowest BCUT2D eigenvalue weighted by molar-refractivity contribution is 0.102. The van der Waals surface area contributed by atoms with Gasteiger partial charge in [-0.3, -0.25) is 4.79 Å². The SMILES string of the molecule is Cc1cc(C)cc(NC(=O)c2cc(N3CCc4ccccc43)nc(C)n2)c1. The Morgan fingerprint density at radius 1 is 1.00 bits per heavy atom. The Balaban J connectivity index is 1.64. The number of rotatable bonds is 3. The third-order valence-electron chi connectivity index (χ3n) is 4.70. The van der Waals surface area contributed by atoms with Gasteiger partial charge in [0.1, 0.15) is 17.3 Å². The normalized spacial score (nSPS) is 12.8. The van der Waals surface area contributed by atoms with Gasteiger partial charge in [0, 0.05) is 24.0 Å². The highest BCUT2D eigenvalue weighted by atomic mass is 16.1. The molecule has 1 amide bonds. The largest absolute Gasteiger partial charge is 0.326 e. The van der Waals surface area contributed by atoms with Gasteiger partial charge in [0.25, 0.3) is 5.91 Å². The van der Waals surface area contributed by atoms with Crippen LogP contribution in [0.1, 0.15) is 33.0 Å². The van der Waals surface area contributed by atoms with Crippen LogP contribution in [0.2, 0.25) is 0 Å². The first-order valence-electron chi connectivity index (χ1n) is 9.10. The van der Waals surface area contributed by atoms with Crippen molar-refractivity contribution in [2.24, 2.45) is 0 Å². The molecule has 0 fully saturated rings. The summed E-state index contributed by atoms with van der Waals surface area (Å²) >= 11 is 0. The van der Waals surface area contributed by atoms with Gasteiger partial charge in [-0.05, 0) is 62.1 Å². The Labute approximate surface area is 159 Å². The summed E-state index contributed by atoms with van der Waals surface area (Å²) in [5.74, 6) is 1.12. The van der Waals surface area contributed by atoms with Crippen molar-refractivity contribution < 1.29 is 4.79 Å². The van der Waals surface area contributed by atoms with Crippen molar-refractivity contribution >= 4 is 23.1 Å². The molecule has 0 spiro atoms. The van der Waals surface area contributed by atoms with E-state index >= 15 is 0 Å². The lowest BCUT2D eigenvalue weighted by Gasteiger charge is -2.19. The molecule has 1 N–H and O–H groups in total. The Hall–Kier alpha value is -3.21. The van der Waals surface area contributed by atoms with E-state index in [-0.39, 0.29) is 5.91 Å². The van der Waals surface area contributed by atoms with E-state index in [0.29, 0.717) is 11.5 Å². The fraction of sp³-hybridized carbons (Fsp3) is 0.227. The third-order valence-corrected chi connectivity index (χ3v) is 4.70. The molecule has 4 rings (SSSR count). The molecule has 1 aromatic heterocycles. The van der Waals surface area contributed by atoms with Crippen LogP contribution in [-0.4, -0.2) is 22.4 Å². The fourth-order valence-corrected chi connectivity index (χ4v) is 3.62. The van der Waals surface area contributed by atoms with Crippen LogP contribution in [0.5, 0.6) is 0 Å². The molecule has 5 nitrogen and oxygen atoms in total. The quantitative estimate of drug-likeness (QED) is 0.756. The lowest BCUT2D eigenvalue weighted by atomic mass is 10.1. The first-order chi connectivity index (χ1) is 13.0. The average molecular weight is 358 g/mol. The van der Waals surface area contributed by atoms with Crippen LogP contribution in [0.15, 0.2) is 48.5 Å². The number of amides is 1. The van der Waals surface area contributed by atoms with E-state index < -0.39 is 0 Å². The molecule has 3 aromatic rings. The van der Waals surface area contributed by atoms with Gasteiger partial charge < -0.3 is 10.2 Å². The number of aromatic nitrogens is 2. The Bertz CT molecular complexity index is 1010. The summed E-state index contributed by atoms with van der Waals surface area (Å²) in [6.45, 7) is 6.70. The highest BCUT2D eigenvalue weighted by molar-refractivity contribution is 6.03. The zero-order chi connectivity index (χ0) is 19.0. The predicted octanol–water partition coefficient (Wildman–Crippen LogP) is 4.35. The van der Waals surface area contributed by atoms with Gasteiger partial charge in [0.05, 0.1) is 0 Å². The number of para-hydroxylation sites is 1. The molecule has 0 radical (unpaired) electrons. The summed E-state index contributed by atoms with van der Waals surface area (Å²) in [6, 6.07) is 16.1. The molecule has 0 aliphatic carbocycles. The summed E-state index contributed by atoms with van der Waals surface area (Å²) in [5.41, 5.74) is 5.83. The number of benzene rings is 2. The molecule has 0 atom stereocenters. The molecular weight excluding hydrogens is 336 g/mol. The van der Waals surface area contributed by atoms with Crippen LogP contribution in [0.3, 0.4) is 0 Å². The van der Waals surface area contributed by atoms with Crippen LogP contribution >= 0.6 is 0 Å². The molecule has 0 bridgehead atoms. The molecule has 1 aliphatic rings. The molecule has 0 saturated heterocycles. The van der Waals surface area contributed by atoms with Crippen LogP contribution in [0, 0.1) is 20.8 Å². The second kappa shape index (κ2) is 6.83. The van der Waals surface area contributed by atoms with Crippen molar-refractivity contribution in [3.8, 4) is 0 Å². The van der Waals surface area contributed by atoms with E-state index in [0.717, 1.165) is 41.3 Å². The van der Waals surface area contributed by atoms with Gasteiger partial charge in [-0.25, -0.2) is 9.97 Å². The van der Waals surface area contributed by atoms with Gasteiger partial charge in [0.2, 0.25) is 0 Å². The molecule has 5 heteroatoms. The summed E-state index contributed by atoms with van der Waals surface area (Å²) in [5, 5.41) is 2.96. The molecule has 0 unspecified atom stereocenters. The number of nitrogens with one attached hydrogen (secondary N) is 1. The van der Waals surface area contributed by atoms with E-state index in [1.54, 1.807) is 6.07 Å². The van der Waals surface area contributed by atoms with Crippen molar-refractivity contribution in [1.82, 2.24) is 9.97 Å². The molecular formula is C22H22N4O. The Morgan fingerprint density at radius 3 is 2.52 bits per heavy atom. The zero-order valence-corrected chi connectivity index (χ0v) is 15.8. The van der Waals surface area contributed by atoms with Crippen LogP contribution in [0.25, 0.3) is 0 Å². The van der Waals surface area contributed by atoms with Crippen molar-refractivity contribution in [2.45, 2.75) is 27.2 Å². The minimum absolute atomic E-state index is 0.223. The fourth-order valence-electron chi connectivity index (χ4n) is 3.62. The van der Waals surface area contributed by atoms with E-state index in [1.165, 1.54) is 5.56 Å². The predicted molar refractivity (Wildman–Crippen MR) is 108 cm³/mol. The van der Waals surface area contributed by atoms with E-state index in [4.69, 9.17) is 0 Å². The number of fused-ring (bicyclic) bond motifs is 1. The Morgan fingerprint density at radius 2 is 1.74 bits per heavy atom. The van der Waals surface area contributed by atoms with Crippen LogP contribution in [0.4, 0.5) is 17.2 Å². The van der Waals surface area contributed by atoms with Crippen LogP contribution < -0.4 is 10.2 Å².